The van der Waals surface area contributed by atoms with Crippen molar-refractivity contribution >= 4 is 5.91 Å². The van der Waals surface area contributed by atoms with Crippen molar-refractivity contribution in [1.82, 2.24) is 10.6 Å². The summed E-state index contributed by atoms with van der Waals surface area (Å²) in [6, 6.07) is 5.74. The maximum absolute atomic E-state index is 12.0. The molecule has 1 heterocycles. The minimum atomic E-state index is 0.0732. The standard InChI is InChI=1S/C16H24N2O3/c1-11(13-9-17-10-13)16(19)18-7-6-12-4-5-14(20-2)8-15(12)21-3/h4-5,8,11,13,17H,6-7,9-10H2,1-3H3,(H,18,19). The zero-order valence-corrected chi connectivity index (χ0v) is 12.9. The summed E-state index contributed by atoms with van der Waals surface area (Å²) < 4.78 is 10.5. The molecule has 1 saturated heterocycles. The van der Waals surface area contributed by atoms with Crippen molar-refractivity contribution in [2.24, 2.45) is 11.8 Å². The molecule has 5 nitrogen and oxygen atoms in total. The lowest BCUT2D eigenvalue weighted by Gasteiger charge is -2.31. The predicted molar refractivity (Wildman–Crippen MR) is 81.8 cm³/mol. The van der Waals surface area contributed by atoms with Gasteiger partial charge in [-0.2, -0.15) is 0 Å². The van der Waals surface area contributed by atoms with Gasteiger partial charge in [0.1, 0.15) is 11.5 Å². The second-order valence-electron chi connectivity index (χ2n) is 5.43. The fourth-order valence-corrected chi connectivity index (χ4v) is 2.42. The molecule has 0 radical (unpaired) electrons. The fraction of sp³-hybridized carbons (Fsp3) is 0.562. The first-order valence-electron chi connectivity index (χ1n) is 7.35. The van der Waals surface area contributed by atoms with E-state index in [9.17, 15) is 4.79 Å². The van der Waals surface area contributed by atoms with Crippen LogP contribution in [0.15, 0.2) is 18.2 Å². The van der Waals surface area contributed by atoms with Gasteiger partial charge in [-0.25, -0.2) is 0 Å². The molecule has 1 aromatic carbocycles. The quantitative estimate of drug-likeness (QED) is 0.793. The molecule has 0 saturated carbocycles. The molecule has 0 spiro atoms. The average Bonchev–Trinajstić information content (AvgIpc) is 2.45. The van der Waals surface area contributed by atoms with Crippen LogP contribution in [-0.4, -0.2) is 39.8 Å². The zero-order chi connectivity index (χ0) is 15.2. The summed E-state index contributed by atoms with van der Waals surface area (Å²) >= 11 is 0. The molecule has 1 aromatic rings. The van der Waals surface area contributed by atoms with Crippen LogP contribution in [0.1, 0.15) is 12.5 Å². The fourth-order valence-electron chi connectivity index (χ4n) is 2.42. The van der Waals surface area contributed by atoms with Crippen molar-refractivity contribution in [3.05, 3.63) is 23.8 Å². The molecule has 5 heteroatoms. The van der Waals surface area contributed by atoms with Crippen molar-refractivity contribution in [2.75, 3.05) is 33.9 Å². The van der Waals surface area contributed by atoms with E-state index in [0.29, 0.717) is 12.5 Å². The second kappa shape index (κ2) is 7.31. The molecule has 1 atom stereocenters. The Hall–Kier alpha value is -1.75. The van der Waals surface area contributed by atoms with Crippen LogP contribution in [0.2, 0.25) is 0 Å². The summed E-state index contributed by atoms with van der Waals surface area (Å²) in [6.07, 6.45) is 0.745. The molecule has 1 unspecified atom stereocenters. The molecule has 1 fully saturated rings. The van der Waals surface area contributed by atoms with E-state index in [4.69, 9.17) is 9.47 Å². The lowest BCUT2D eigenvalue weighted by atomic mass is 9.88. The van der Waals surface area contributed by atoms with E-state index < -0.39 is 0 Å². The molecule has 1 aliphatic rings. The Morgan fingerprint density at radius 1 is 1.38 bits per heavy atom. The first kappa shape index (κ1) is 15.6. The molecule has 2 rings (SSSR count). The highest BCUT2D eigenvalue weighted by atomic mass is 16.5. The number of benzene rings is 1. The first-order valence-corrected chi connectivity index (χ1v) is 7.35. The number of carbonyl (C=O) groups excluding carboxylic acids is 1. The van der Waals surface area contributed by atoms with Gasteiger partial charge in [-0.15, -0.1) is 0 Å². The Balaban J connectivity index is 1.83. The normalized spacial score (nSPS) is 16.0. The molecular weight excluding hydrogens is 268 g/mol. The van der Waals surface area contributed by atoms with Crippen molar-refractivity contribution in [1.29, 1.82) is 0 Å². The van der Waals surface area contributed by atoms with E-state index in [1.54, 1.807) is 14.2 Å². The summed E-state index contributed by atoms with van der Waals surface area (Å²) in [5.41, 5.74) is 1.07. The summed E-state index contributed by atoms with van der Waals surface area (Å²) in [5, 5.41) is 6.20. The van der Waals surface area contributed by atoms with Crippen LogP contribution < -0.4 is 20.1 Å². The Bertz CT molecular complexity index is 486. The van der Waals surface area contributed by atoms with Gasteiger partial charge in [0.05, 0.1) is 14.2 Å². The number of nitrogens with one attached hydrogen (secondary N) is 2. The van der Waals surface area contributed by atoms with E-state index >= 15 is 0 Å². The molecule has 0 aromatic heterocycles. The van der Waals surface area contributed by atoms with Crippen LogP contribution in [0.3, 0.4) is 0 Å². The van der Waals surface area contributed by atoms with Crippen LogP contribution in [0.4, 0.5) is 0 Å². The Morgan fingerprint density at radius 3 is 2.71 bits per heavy atom. The van der Waals surface area contributed by atoms with Gasteiger partial charge in [0.25, 0.3) is 0 Å². The van der Waals surface area contributed by atoms with Crippen LogP contribution in [0, 0.1) is 11.8 Å². The van der Waals surface area contributed by atoms with Crippen LogP contribution in [0.5, 0.6) is 11.5 Å². The highest BCUT2D eigenvalue weighted by molar-refractivity contribution is 5.78. The summed E-state index contributed by atoms with van der Waals surface area (Å²) in [6.45, 7) is 4.50. The molecular formula is C16H24N2O3. The van der Waals surface area contributed by atoms with Gasteiger partial charge in [-0.1, -0.05) is 13.0 Å². The van der Waals surface area contributed by atoms with E-state index in [-0.39, 0.29) is 11.8 Å². The number of hydrogen-bond donors (Lipinski definition) is 2. The zero-order valence-electron chi connectivity index (χ0n) is 12.9. The molecule has 0 bridgehead atoms. The number of hydrogen-bond acceptors (Lipinski definition) is 4. The summed E-state index contributed by atoms with van der Waals surface area (Å²) in [5.74, 6) is 2.24. The third-order valence-corrected chi connectivity index (χ3v) is 4.12. The summed E-state index contributed by atoms with van der Waals surface area (Å²) in [4.78, 5) is 12.0. The maximum atomic E-state index is 12.0. The predicted octanol–water partition coefficient (Wildman–Crippen LogP) is 1.22. The van der Waals surface area contributed by atoms with E-state index in [1.807, 2.05) is 25.1 Å². The largest absolute Gasteiger partial charge is 0.497 e. The molecule has 0 aliphatic carbocycles. The Morgan fingerprint density at radius 2 is 2.14 bits per heavy atom. The van der Waals surface area contributed by atoms with Gasteiger partial charge in [0.2, 0.25) is 5.91 Å². The number of rotatable bonds is 7. The highest BCUT2D eigenvalue weighted by Gasteiger charge is 2.28. The summed E-state index contributed by atoms with van der Waals surface area (Å²) in [7, 11) is 3.27. The van der Waals surface area contributed by atoms with E-state index in [0.717, 1.165) is 36.6 Å². The second-order valence-corrected chi connectivity index (χ2v) is 5.43. The van der Waals surface area contributed by atoms with Crippen LogP contribution in [0.25, 0.3) is 0 Å². The SMILES string of the molecule is COc1ccc(CCNC(=O)C(C)C2CNC2)c(OC)c1. The van der Waals surface area contributed by atoms with Gasteiger partial charge in [-0.05, 0) is 37.1 Å². The van der Waals surface area contributed by atoms with Gasteiger partial charge in [0, 0.05) is 18.5 Å². The number of methoxy groups -OCH3 is 2. The maximum Gasteiger partial charge on any atom is 0.223 e. The lowest BCUT2D eigenvalue weighted by molar-refractivity contribution is -0.126. The molecule has 1 amide bonds. The van der Waals surface area contributed by atoms with Gasteiger partial charge in [-0.3, -0.25) is 4.79 Å². The topological polar surface area (TPSA) is 59.6 Å². The lowest BCUT2D eigenvalue weighted by Crippen LogP contribution is -2.49. The number of carbonyl (C=O) groups is 1. The third kappa shape index (κ3) is 3.88. The Kier molecular flexibility index (Phi) is 5.44. The molecule has 116 valence electrons. The minimum Gasteiger partial charge on any atom is -0.497 e. The van der Waals surface area contributed by atoms with Crippen molar-refractivity contribution in [2.45, 2.75) is 13.3 Å². The molecule has 1 aliphatic heterocycles. The molecule has 2 N–H and O–H groups in total. The number of amides is 1. The smallest absolute Gasteiger partial charge is 0.223 e. The van der Waals surface area contributed by atoms with Gasteiger partial charge >= 0.3 is 0 Å². The third-order valence-electron chi connectivity index (χ3n) is 4.12. The molecule has 21 heavy (non-hydrogen) atoms. The van der Waals surface area contributed by atoms with E-state index in [2.05, 4.69) is 10.6 Å². The van der Waals surface area contributed by atoms with Crippen molar-refractivity contribution in [3.8, 4) is 11.5 Å². The highest BCUT2D eigenvalue weighted by Crippen LogP contribution is 2.24. The minimum absolute atomic E-state index is 0.0732. The number of ether oxygens (including phenoxy) is 2. The van der Waals surface area contributed by atoms with Crippen molar-refractivity contribution < 1.29 is 14.3 Å². The monoisotopic (exact) mass is 292 g/mol. The van der Waals surface area contributed by atoms with E-state index in [1.165, 1.54) is 0 Å². The first-order chi connectivity index (χ1) is 10.2. The van der Waals surface area contributed by atoms with Crippen molar-refractivity contribution in [3.63, 3.8) is 0 Å². The average molecular weight is 292 g/mol. The van der Waals surface area contributed by atoms with Crippen LogP contribution >= 0.6 is 0 Å². The Labute approximate surface area is 126 Å². The van der Waals surface area contributed by atoms with Gasteiger partial charge < -0.3 is 20.1 Å². The van der Waals surface area contributed by atoms with Crippen LogP contribution in [-0.2, 0) is 11.2 Å². The van der Waals surface area contributed by atoms with Gasteiger partial charge in [0.15, 0.2) is 0 Å².